The van der Waals surface area contributed by atoms with Crippen LogP contribution in [0.4, 0.5) is 4.79 Å². The standard InChI is InChI=1S/C22H25ClN4O2S2/c23-18-11-9-17(10-12-18)21-26-20(15-30-21)19(8-4-5-13-25-31-24)27-22(28)29-14-16-6-2-1-3-7-16/h1-3,6-7,9-12,15,19,25H,4-5,8,13-14,24H2,(H,27,28). The smallest absolute Gasteiger partial charge is 0.408 e. The molecule has 6 nitrogen and oxygen atoms in total. The van der Waals surface area contributed by atoms with Gasteiger partial charge in [0.2, 0.25) is 0 Å². The van der Waals surface area contributed by atoms with Crippen molar-refractivity contribution in [3.8, 4) is 10.6 Å². The van der Waals surface area contributed by atoms with E-state index in [1.54, 1.807) is 11.3 Å². The van der Waals surface area contributed by atoms with Crippen LogP contribution in [0.1, 0.15) is 36.6 Å². The normalized spacial score (nSPS) is 11.8. The molecule has 3 aromatic rings. The number of nitrogens with zero attached hydrogens (tertiary/aromatic N) is 1. The van der Waals surface area contributed by atoms with Gasteiger partial charge in [-0.1, -0.05) is 54.1 Å². The van der Waals surface area contributed by atoms with Gasteiger partial charge in [-0.15, -0.1) is 11.3 Å². The van der Waals surface area contributed by atoms with E-state index in [1.807, 2.05) is 60.0 Å². The number of nitrogens with two attached hydrogens (primary N) is 1. The molecule has 164 valence electrons. The van der Waals surface area contributed by atoms with Crippen molar-refractivity contribution < 1.29 is 9.53 Å². The number of rotatable bonds is 11. The van der Waals surface area contributed by atoms with Gasteiger partial charge >= 0.3 is 6.09 Å². The molecule has 1 unspecified atom stereocenters. The van der Waals surface area contributed by atoms with E-state index in [9.17, 15) is 4.79 Å². The van der Waals surface area contributed by atoms with E-state index >= 15 is 0 Å². The minimum atomic E-state index is -0.453. The van der Waals surface area contributed by atoms with E-state index in [0.29, 0.717) is 5.02 Å². The molecule has 0 aliphatic carbocycles. The Labute approximate surface area is 195 Å². The highest BCUT2D eigenvalue weighted by Crippen LogP contribution is 2.29. The van der Waals surface area contributed by atoms with Crippen LogP contribution in [0.5, 0.6) is 0 Å². The van der Waals surface area contributed by atoms with Crippen LogP contribution < -0.4 is 15.2 Å². The highest BCUT2D eigenvalue weighted by atomic mass is 35.5. The maximum absolute atomic E-state index is 12.4. The zero-order valence-electron chi connectivity index (χ0n) is 16.9. The van der Waals surface area contributed by atoms with E-state index < -0.39 is 6.09 Å². The SMILES string of the molecule is NSNCCCCC(NC(=O)OCc1ccccc1)c1csc(-c2ccc(Cl)cc2)n1. The molecule has 2 aromatic carbocycles. The lowest BCUT2D eigenvalue weighted by Crippen LogP contribution is -2.29. The second-order valence-corrected chi connectivity index (χ2v) is 8.67. The Morgan fingerprint density at radius 1 is 1.16 bits per heavy atom. The molecule has 0 fully saturated rings. The number of carbonyl (C=O) groups excluding carboxylic acids is 1. The summed E-state index contributed by atoms with van der Waals surface area (Å²) in [5.41, 5.74) is 2.77. The molecule has 0 spiro atoms. The average molecular weight is 477 g/mol. The van der Waals surface area contributed by atoms with Gasteiger partial charge in [0.05, 0.1) is 11.7 Å². The van der Waals surface area contributed by atoms with E-state index in [1.165, 1.54) is 0 Å². The number of hydrogen-bond acceptors (Lipinski definition) is 7. The second kappa shape index (κ2) is 12.7. The predicted octanol–water partition coefficient (Wildman–Crippen LogP) is 5.71. The number of unbranched alkanes of at least 4 members (excludes halogenated alkanes) is 1. The lowest BCUT2D eigenvalue weighted by atomic mass is 10.1. The molecule has 0 saturated heterocycles. The number of ether oxygens (including phenoxy) is 1. The third-order valence-corrected chi connectivity index (χ3v) is 6.11. The van der Waals surface area contributed by atoms with Crippen LogP contribution in [0.15, 0.2) is 60.0 Å². The summed E-state index contributed by atoms with van der Waals surface area (Å²) in [6, 6.07) is 17.0. The first-order valence-electron chi connectivity index (χ1n) is 9.93. The van der Waals surface area contributed by atoms with Crippen molar-refractivity contribution in [2.24, 2.45) is 5.14 Å². The molecule has 0 aliphatic heterocycles. The second-order valence-electron chi connectivity index (χ2n) is 6.85. The first kappa shape index (κ1) is 23.6. The van der Waals surface area contributed by atoms with Crippen LogP contribution >= 0.6 is 35.1 Å². The van der Waals surface area contributed by atoms with Crippen LogP contribution in [0.3, 0.4) is 0 Å². The fraction of sp³-hybridized carbons (Fsp3) is 0.273. The molecule has 1 atom stereocenters. The minimum absolute atomic E-state index is 0.226. The van der Waals surface area contributed by atoms with Gasteiger partial charge in [-0.2, -0.15) is 0 Å². The van der Waals surface area contributed by atoms with Gasteiger partial charge in [0.1, 0.15) is 11.6 Å². The summed E-state index contributed by atoms with van der Waals surface area (Å²) in [6.07, 6.45) is 2.15. The third kappa shape index (κ3) is 7.83. The molecule has 0 bridgehead atoms. The molecule has 31 heavy (non-hydrogen) atoms. The number of nitrogens with one attached hydrogen (secondary N) is 2. The highest BCUT2D eigenvalue weighted by molar-refractivity contribution is 7.95. The summed E-state index contributed by atoms with van der Waals surface area (Å²) in [4.78, 5) is 17.2. The third-order valence-electron chi connectivity index (χ3n) is 4.58. The summed E-state index contributed by atoms with van der Waals surface area (Å²) in [6.45, 7) is 1.03. The molecule has 1 aromatic heterocycles. The van der Waals surface area contributed by atoms with Gasteiger partial charge < -0.3 is 10.1 Å². The lowest BCUT2D eigenvalue weighted by Gasteiger charge is -2.17. The van der Waals surface area contributed by atoms with Crippen LogP contribution in [0.2, 0.25) is 5.02 Å². The monoisotopic (exact) mass is 476 g/mol. The fourth-order valence-corrected chi connectivity index (χ4v) is 4.24. The van der Waals surface area contributed by atoms with E-state index in [4.69, 9.17) is 26.5 Å². The minimum Gasteiger partial charge on any atom is -0.445 e. The molecule has 0 aliphatic rings. The molecule has 4 N–H and O–H groups in total. The van der Waals surface area contributed by atoms with Crippen LogP contribution in [-0.2, 0) is 11.3 Å². The van der Waals surface area contributed by atoms with Gasteiger partial charge in [-0.25, -0.2) is 9.78 Å². The van der Waals surface area contributed by atoms with Crippen LogP contribution in [0.25, 0.3) is 10.6 Å². The van der Waals surface area contributed by atoms with Crippen LogP contribution in [0, 0.1) is 0 Å². The topological polar surface area (TPSA) is 89.3 Å². The Morgan fingerprint density at radius 2 is 1.94 bits per heavy atom. The van der Waals surface area contributed by atoms with Gasteiger partial charge in [0.25, 0.3) is 0 Å². The van der Waals surface area contributed by atoms with Crippen molar-refractivity contribution in [1.29, 1.82) is 0 Å². The van der Waals surface area contributed by atoms with Crippen LogP contribution in [-0.4, -0.2) is 17.6 Å². The zero-order valence-corrected chi connectivity index (χ0v) is 19.3. The number of thiazole rings is 1. The Hall–Kier alpha value is -2.10. The largest absolute Gasteiger partial charge is 0.445 e. The first-order chi connectivity index (χ1) is 15.2. The fourth-order valence-electron chi connectivity index (χ4n) is 2.98. The van der Waals surface area contributed by atoms with Crippen molar-refractivity contribution in [2.45, 2.75) is 31.9 Å². The molecule has 0 radical (unpaired) electrons. The number of benzene rings is 2. The van der Waals surface area contributed by atoms with Crippen molar-refractivity contribution in [2.75, 3.05) is 6.54 Å². The molecule has 9 heteroatoms. The molecular formula is C22H25ClN4O2S2. The van der Waals surface area contributed by atoms with E-state index in [2.05, 4.69) is 10.0 Å². The molecule has 1 amide bonds. The number of carbonyl (C=O) groups is 1. The van der Waals surface area contributed by atoms with Crippen molar-refractivity contribution in [3.63, 3.8) is 0 Å². The van der Waals surface area contributed by atoms with Gasteiger partial charge in [-0.05, 0) is 37.0 Å². The van der Waals surface area contributed by atoms with Crippen molar-refractivity contribution in [1.82, 2.24) is 15.0 Å². The molecular weight excluding hydrogens is 452 g/mol. The quantitative estimate of drug-likeness (QED) is 0.242. The summed E-state index contributed by atoms with van der Waals surface area (Å²) in [5, 5.41) is 11.9. The summed E-state index contributed by atoms with van der Waals surface area (Å²) in [5.74, 6) is 0. The number of alkyl carbamates (subject to hydrolysis) is 1. The Balaban J connectivity index is 1.64. The number of hydrogen-bond donors (Lipinski definition) is 3. The lowest BCUT2D eigenvalue weighted by molar-refractivity contribution is 0.134. The van der Waals surface area contributed by atoms with Gasteiger partial charge in [-0.3, -0.25) is 9.86 Å². The van der Waals surface area contributed by atoms with Crippen molar-refractivity contribution >= 4 is 41.2 Å². The molecule has 0 saturated carbocycles. The Kier molecular flexibility index (Phi) is 9.64. The van der Waals surface area contributed by atoms with E-state index in [0.717, 1.165) is 59.8 Å². The Morgan fingerprint density at radius 3 is 2.68 bits per heavy atom. The Bertz CT molecular complexity index is 938. The van der Waals surface area contributed by atoms with Crippen molar-refractivity contribution in [3.05, 3.63) is 76.3 Å². The first-order valence-corrected chi connectivity index (χ1v) is 12.1. The average Bonchev–Trinajstić information content (AvgIpc) is 3.28. The van der Waals surface area contributed by atoms with E-state index in [-0.39, 0.29) is 12.6 Å². The molecule has 3 rings (SSSR count). The summed E-state index contributed by atoms with van der Waals surface area (Å²) in [7, 11) is 0. The van der Waals surface area contributed by atoms with Gasteiger partial charge in [0, 0.05) is 34.6 Å². The number of halogens is 1. The highest BCUT2D eigenvalue weighted by Gasteiger charge is 2.19. The summed E-state index contributed by atoms with van der Waals surface area (Å²) >= 11 is 8.64. The predicted molar refractivity (Wildman–Crippen MR) is 129 cm³/mol. The maximum Gasteiger partial charge on any atom is 0.408 e. The summed E-state index contributed by atoms with van der Waals surface area (Å²) < 4.78 is 8.44. The maximum atomic E-state index is 12.4. The number of aromatic nitrogens is 1. The molecule has 1 heterocycles. The zero-order chi connectivity index (χ0) is 21.9. The van der Waals surface area contributed by atoms with Gasteiger partial charge in [0.15, 0.2) is 0 Å². The number of amides is 1.